The SMILES string of the molecule is O=C(/C=C\c1cccc2cccnc12)N1CCC[C@H]1Cc1cccc(F)c1. The number of halogens is 1. The van der Waals surface area contributed by atoms with E-state index in [9.17, 15) is 9.18 Å². The molecule has 0 N–H and O–H groups in total. The van der Waals surface area contributed by atoms with Gasteiger partial charge >= 0.3 is 0 Å². The van der Waals surface area contributed by atoms with Crippen molar-refractivity contribution in [3.05, 3.63) is 83.8 Å². The standard InChI is InChI=1S/C23H21FN2O/c24-20-9-1-5-17(15-20)16-21-10-4-14-26(21)22(27)12-11-19-7-2-6-18-8-3-13-25-23(18)19/h1-3,5-9,11-13,15,21H,4,10,14,16H2/b12-11-/t21-/m0/s1. The van der Waals surface area contributed by atoms with Gasteiger partial charge in [0.2, 0.25) is 5.91 Å². The molecule has 1 amide bonds. The molecule has 0 spiro atoms. The number of nitrogens with zero attached hydrogens (tertiary/aromatic N) is 2. The largest absolute Gasteiger partial charge is 0.336 e. The topological polar surface area (TPSA) is 33.2 Å². The van der Waals surface area contributed by atoms with Gasteiger partial charge in [-0.15, -0.1) is 0 Å². The van der Waals surface area contributed by atoms with Crippen LogP contribution in [0.15, 0.2) is 66.9 Å². The van der Waals surface area contributed by atoms with Gasteiger partial charge in [-0.05, 0) is 49.1 Å². The van der Waals surface area contributed by atoms with Crippen LogP contribution in [0, 0.1) is 5.82 Å². The Kier molecular flexibility index (Phi) is 4.97. The number of benzene rings is 2. The van der Waals surface area contributed by atoms with E-state index in [0.29, 0.717) is 6.42 Å². The molecule has 1 aliphatic rings. The monoisotopic (exact) mass is 360 g/mol. The van der Waals surface area contributed by atoms with Crippen LogP contribution in [0.3, 0.4) is 0 Å². The van der Waals surface area contributed by atoms with Crippen molar-refractivity contribution in [1.29, 1.82) is 0 Å². The summed E-state index contributed by atoms with van der Waals surface area (Å²) < 4.78 is 13.4. The summed E-state index contributed by atoms with van der Waals surface area (Å²) in [7, 11) is 0. The summed E-state index contributed by atoms with van der Waals surface area (Å²) in [5.74, 6) is -0.228. The average Bonchev–Trinajstić information content (AvgIpc) is 3.14. The number of amides is 1. The predicted octanol–water partition coefficient (Wildman–Crippen LogP) is 4.62. The summed E-state index contributed by atoms with van der Waals surface area (Å²) >= 11 is 0. The smallest absolute Gasteiger partial charge is 0.246 e. The normalized spacial score (nSPS) is 17.1. The molecule has 3 nitrogen and oxygen atoms in total. The molecule has 0 bridgehead atoms. The minimum absolute atomic E-state index is 0.00170. The fourth-order valence-corrected chi connectivity index (χ4v) is 3.79. The highest BCUT2D eigenvalue weighted by molar-refractivity contribution is 5.95. The third-order valence-corrected chi connectivity index (χ3v) is 5.09. The second-order valence-corrected chi connectivity index (χ2v) is 6.92. The zero-order chi connectivity index (χ0) is 18.6. The Morgan fingerprint density at radius 1 is 1.19 bits per heavy atom. The van der Waals surface area contributed by atoms with Crippen LogP contribution in [0.4, 0.5) is 4.39 Å². The molecule has 136 valence electrons. The van der Waals surface area contributed by atoms with E-state index in [0.717, 1.165) is 41.4 Å². The average molecular weight is 360 g/mol. The molecule has 4 heteroatoms. The maximum Gasteiger partial charge on any atom is 0.246 e. The van der Waals surface area contributed by atoms with Gasteiger partial charge in [0.25, 0.3) is 0 Å². The number of likely N-dealkylation sites (tertiary alicyclic amines) is 1. The second-order valence-electron chi connectivity index (χ2n) is 6.92. The van der Waals surface area contributed by atoms with Gasteiger partial charge in [-0.3, -0.25) is 9.78 Å². The van der Waals surface area contributed by atoms with Crippen LogP contribution in [0.2, 0.25) is 0 Å². The Morgan fingerprint density at radius 3 is 2.93 bits per heavy atom. The summed E-state index contributed by atoms with van der Waals surface area (Å²) in [4.78, 5) is 19.1. The van der Waals surface area contributed by atoms with Gasteiger partial charge in [0.1, 0.15) is 5.82 Å². The molecule has 4 rings (SSSR count). The van der Waals surface area contributed by atoms with Crippen LogP contribution >= 0.6 is 0 Å². The van der Waals surface area contributed by atoms with Crippen molar-refractivity contribution in [3.63, 3.8) is 0 Å². The van der Waals surface area contributed by atoms with Gasteiger partial charge in [0, 0.05) is 35.8 Å². The molecule has 2 aromatic carbocycles. The van der Waals surface area contributed by atoms with Crippen molar-refractivity contribution < 1.29 is 9.18 Å². The zero-order valence-corrected chi connectivity index (χ0v) is 15.0. The number of para-hydroxylation sites is 1. The first kappa shape index (κ1) is 17.4. The van der Waals surface area contributed by atoms with Crippen molar-refractivity contribution in [2.75, 3.05) is 6.54 Å². The van der Waals surface area contributed by atoms with Gasteiger partial charge in [-0.2, -0.15) is 0 Å². The molecule has 2 heterocycles. The molecular weight excluding hydrogens is 339 g/mol. The molecule has 1 atom stereocenters. The number of pyridine rings is 1. The lowest BCUT2D eigenvalue weighted by molar-refractivity contribution is -0.126. The summed E-state index contributed by atoms with van der Waals surface area (Å²) in [5, 5.41) is 1.05. The summed E-state index contributed by atoms with van der Waals surface area (Å²) in [5.41, 5.74) is 2.76. The van der Waals surface area contributed by atoms with Crippen LogP contribution in [0.25, 0.3) is 17.0 Å². The van der Waals surface area contributed by atoms with Crippen LogP contribution in [0.5, 0.6) is 0 Å². The second kappa shape index (κ2) is 7.70. The summed E-state index contributed by atoms with van der Waals surface area (Å²) in [6.45, 7) is 0.747. The number of fused-ring (bicyclic) bond motifs is 1. The van der Waals surface area contributed by atoms with Gasteiger partial charge < -0.3 is 4.90 Å². The Morgan fingerprint density at radius 2 is 2.04 bits per heavy atom. The van der Waals surface area contributed by atoms with E-state index in [4.69, 9.17) is 0 Å². The number of aromatic nitrogens is 1. The molecule has 1 fully saturated rings. The maximum absolute atomic E-state index is 13.4. The zero-order valence-electron chi connectivity index (χ0n) is 15.0. The van der Waals surface area contributed by atoms with Gasteiger partial charge in [0.05, 0.1) is 5.52 Å². The van der Waals surface area contributed by atoms with Crippen LogP contribution < -0.4 is 0 Å². The maximum atomic E-state index is 13.4. The van der Waals surface area contributed by atoms with E-state index >= 15 is 0 Å². The lowest BCUT2D eigenvalue weighted by atomic mass is 10.0. The van der Waals surface area contributed by atoms with Crippen molar-refractivity contribution >= 4 is 22.9 Å². The molecule has 0 radical (unpaired) electrons. The van der Waals surface area contributed by atoms with Crippen LogP contribution in [0.1, 0.15) is 24.0 Å². The lowest BCUT2D eigenvalue weighted by Crippen LogP contribution is -2.35. The third kappa shape index (κ3) is 3.90. The Labute approximate surface area is 158 Å². The van der Waals surface area contributed by atoms with E-state index < -0.39 is 0 Å². The molecule has 27 heavy (non-hydrogen) atoms. The van der Waals surface area contributed by atoms with Crippen molar-refractivity contribution in [2.45, 2.75) is 25.3 Å². The molecule has 0 unspecified atom stereocenters. The Balaban J connectivity index is 1.50. The van der Waals surface area contributed by atoms with Crippen molar-refractivity contribution in [2.24, 2.45) is 0 Å². The van der Waals surface area contributed by atoms with Crippen LogP contribution in [-0.2, 0) is 11.2 Å². The van der Waals surface area contributed by atoms with Gasteiger partial charge in [0.15, 0.2) is 0 Å². The summed E-state index contributed by atoms with van der Waals surface area (Å²) in [6.07, 6.45) is 7.86. The third-order valence-electron chi connectivity index (χ3n) is 5.09. The minimum Gasteiger partial charge on any atom is -0.336 e. The van der Waals surface area contributed by atoms with Gasteiger partial charge in [-0.1, -0.05) is 36.4 Å². The number of hydrogen-bond acceptors (Lipinski definition) is 2. The van der Waals surface area contributed by atoms with E-state index in [-0.39, 0.29) is 17.8 Å². The van der Waals surface area contributed by atoms with E-state index in [1.807, 2.05) is 47.4 Å². The van der Waals surface area contributed by atoms with Crippen LogP contribution in [-0.4, -0.2) is 28.4 Å². The summed E-state index contributed by atoms with van der Waals surface area (Å²) in [6, 6.07) is 16.6. The first-order chi connectivity index (χ1) is 13.2. The number of carbonyl (C=O) groups is 1. The Bertz CT molecular complexity index is 993. The molecule has 1 aliphatic heterocycles. The van der Waals surface area contributed by atoms with E-state index in [2.05, 4.69) is 4.98 Å². The van der Waals surface area contributed by atoms with Crippen molar-refractivity contribution in [3.8, 4) is 0 Å². The quantitative estimate of drug-likeness (QED) is 0.636. The molecule has 3 aromatic rings. The first-order valence-electron chi connectivity index (χ1n) is 9.27. The highest BCUT2D eigenvalue weighted by Gasteiger charge is 2.27. The number of hydrogen-bond donors (Lipinski definition) is 0. The van der Waals surface area contributed by atoms with Crippen molar-refractivity contribution in [1.82, 2.24) is 9.88 Å². The molecule has 0 aliphatic carbocycles. The van der Waals surface area contributed by atoms with E-state index in [1.54, 1.807) is 24.4 Å². The fourth-order valence-electron chi connectivity index (χ4n) is 3.79. The highest BCUT2D eigenvalue weighted by atomic mass is 19.1. The first-order valence-corrected chi connectivity index (χ1v) is 9.27. The highest BCUT2D eigenvalue weighted by Crippen LogP contribution is 2.23. The molecule has 1 saturated heterocycles. The predicted molar refractivity (Wildman–Crippen MR) is 106 cm³/mol. The Hall–Kier alpha value is -3.01. The lowest BCUT2D eigenvalue weighted by Gasteiger charge is -2.23. The fraction of sp³-hybridized carbons (Fsp3) is 0.217. The molecular formula is C23H21FN2O. The molecule has 0 saturated carbocycles. The minimum atomic E-state index is -0.230. The number of carbonyl (C=O) groups excluding carboxylic acids is 1. The molecule has 1 aromatic heterocycles. The van der Waals surface area contributed by atoms with E-state index in [1.165, 1.54) is 6.07 Å². The number of rotatable bonds is 4. The van der Waals surface area contributed by atoms with Gasteiger partial charge in [-0.25, -0.2) is 4.39 Å².